The lowest BCUT2D eigenvalue weighted by Gasteiger charge is -2.25. The van der Waals surface area contributed by atoms with Crippen molar-refractivity contribution >= 4 is 11.7 Å². The molecule has 1 aromatic carbocycles. The third-order valence-corrected chi connectivity index (χ3v) is 3.12. The van der Waals surface area contributed by atoms with E-state index in [1.54, 1.807) is 0 Å². The van der Waals surface area contributed by atoms with Crippen molar-refractivity contribution in [1.82, 2.24) is 5.32 Å². The van der Waals surface area contributed by atoms with E-state index in [0.29, 0.717) is 18.2 Å². The molecule has 0 radical (unpaired) electrons. The van der Waals surface area contributed by atoms with Gasteiger partial charge in [0.2, 0.25) is 0 Å². The Morgan fingerprint density at radius 3 is 2.40 bits per heavy atom. The summed E-state index contributed by atoms with van der Waals surface area (Å²) in [6.45, 7) is 0.626. The molecular weight excluding hydrogens is 273 g/mol. The summed E-state index contributed by atoms with van der Waals surface area (Å²) in [5, 5.41) is 5.27. The highest BCUT2D eigenvalue weighted by atomic mass is 19.4. The molecule has 0 bridgehead atoms. The molecule has 1 aliphatic carbocycles. The van der Waals surface area contributed by atoms with Crippen molar-refractivity contribution in [3.63, 3.8) is 0 Å². The maximum absolute atomic E-state index is 12.0. The summed E-state index contributed by atoms with van der Waals surface area (Å²) in [6.07, 6.45) is -1.25. The minimum Gasteiger partial charge on any atom is -0.406 e. The minimum atomic E-state index is -4.71. The number of carbonyl (C=O) groups excluding carboxylic acids is 1. The van der Waals surface area contributed by atoms with Crippen LogP contribution in [0.5, 0.6) is 5.75 Å². The summed E-state index contributed by atoms with van der Waals surface area (Å²) in [4.78, 5) is 11.5. The van der Waals surface area contributed by atoms with E-state index in [2.05, 4.69) is 15.4 Å². The maximum atomic E-state index is 12.0. The average molecular weight is 288 g/mol. The molecule has 20 heavy (non-hydrogen) atoms. The molecule has 2 amide bonds. The van der Waals surface area contributed by atoms with Crippen molar-refractivity contribution in [2.75, 3.05) is 11.9 Å². The number of hydrogen-bond donors (Lipinski definition) is 2. The second kappa shape index (κ2) is 6.02. The zero-order valence-corrected chi connectivity index (χ0v) is 10.7. The van der Waals surface area contributed by atoms with E-state index in [0.717, 1.165) is 25.0 Å². The molecule has 0 aliphatic heterocycles. The van der Waals surface area contributed by atoms with E-state index < -0.39 is 6.36 Å². The van der Waals surface area contributed by atoms with Crippen molar-refractivity contribution in [3.05, 3.63) is 24.3 Å². The summed E-state index contributed by atoms with van der Waals surface area (Å²) < 4.78 is 39.6. The molecule has 0 saturated heterocycles. The van der Waals surface area contributed by atoms with Crippen LogP contribution in [0.15, 0.2) is 24.3 Å². The van der Waals surface area contributed by atoms with Gasteiger partial charge in [-0.05, 0) is 43.0 Å². The normalized spacial score (nSPS) is 15.3. The fraction of sp³-hybridized carbons (Fsp3) is 0.462. The van der Waals surface area contributed by atoms with E-state index >= 15 is 0 Å². The van der Waals surface area contributed by atoms with Gasteiger partial charge in [-0.1, -0.05) is 6.42 Å². The lowest BCUT2D eigenvalue weighted by Crippen LogP contribution is -2.35. The summed E-state index contributed by atoms with van der Waals surface area (Å²) in [7, 11) is 0. The quantitative estimate of drug-likeness (QED) is 0.890. The Labute approximate surface area is 114 Å². The van der Waals surface area contributed by atoms with Crippen molar-refractivity contribution in [2.24, 2.45) is 5.92 Å². The Morgan fingerprint density at radius 1 is 1.25 bits per heavy atom. The largest absolute Gasteiger partial charge is 0.573 e. The predicted molar refractivity (Wildman–Crippen MR) is 67.5 cm³/mol. The van der Waals surface area contributed by atoms with Gasteiger partial charge in [0, 0.05) is 12.2 Å². The molecule has 4 nitrogen and oxygen atoms in total. The van der Waals surface area contributed by atoms with Crippen LogP contribution >= 0.6 is 0 Å². The summed E-state index contributed by atoms with van der Waals surface area (Å²) >= 11 is 0. The maximum Gasteiger partial charge on any atom is 0.573 e. The molecule has 0 spiro atoms. The van der Waals surface area contributed by atoms with E-state index in [1.165, 1.54) is 18.6 Å². The summed E-state index contributed by atoms with van der Waals surface area (Å²) in [5.41, 5.74) is 0.408. The van der Waals surface area contributed by atoms with Crippen LogP contribution in [0.1, 0.15) is 19.3 Å². The second-order valence-corrected chi connectivity index (χ2v) is 4.70. The second-order valence-electron chi connectivity index (χ2n) is 4.70. The third kappa shape index (κ3) is 4.64. The van der Waals surface area contributed by atoms with E-state index in [1.807, 2.05) is 0 Å². The standard InChI is InChI=1S/C13H15F3N2O2/c14-13(15,16)20-11-6-4-10(5-7-11)18-12(19)17-8-9-2-1-3-9/h4-7,9H,1-3,8H2,(H2,17,18,19). The van der Waals surface area contributed by atoms with Crippen molar-refractivity contribution in [2.45, 2.75) is 25.6 Å². The zero-order valence-electron chi connectivity index (χ0n) is 10.7. The van der Waals surface area contributed by atoms with Crippen LogP contribution in [0, 0.1) is 5.92 Å². The van der Waals surface area contributed by atoms with Crippen LogP contribution in [0.25, 0.3) is 0 Å². The molecule has 1 aromatic rings. The number of nitrogens with one attached hydrogen (secondary N) is 2. The monoisotopic (exact) mass is 288 g/mol. The Hall–Kier alpha value is -1.92. The van der Waals surface area contributed by atoms with Crippen LogP contribution in [0.3, 0.4) is 0 Å². The topological polar surface area (TPSA) is 50.4 Å². The number of anilines is 1. The summed E-state index contributed by atoms with van der Waals surface area (Å²) in [5.74, 6) is 0.223. The number of halogens is 3. The van der Waals surface area contributed by atoms with Crippen molar-refractivity contribution < 1.29 is 22.7 Å². The highest BCUT2D eigenvalue weighted by Crippen LogP contribution is 2.25. The highest BCUT2D eigenvalue weighted by Gasteiger charge is 2.30. The van der Waals surface area contributed by atoms with Gasteiger partial charge in [0.25, 0.3) is 0 Å². The van der Waals surface area contributed by atoms with Gasteiger partial charge in [-0.15, -0.1) is 13.2 Å². The van der Waals surface area contributed by atoms with Crippen LogP contribution in [-0.2, 0) is 0 Å². The smallest absolute Gasteiger partial charge is 0.406 e. The number of amides is 2. The first-order valence-electron chi connectivity index (χ1n) is 6.33. The first-order valence-corrected chi connectivity index (χ1v) is 6.33. The Bertz CT molecular complexity index is 456. The molecule has 0 atom stereocenters. The van der Waals surface area contributed by atoms with Crippen molar-refractivity contribution in [1.29, 1.82) is 0 Å². The number of benzene rings is 1. The lowest BCUT2D eigenvalue weighted by atomic mass is 9.85. The van der Waals surface area contributed by atoms with E-state index in [9.17, 15) is 18.0 Å². The van der Waals surface area contributed by atoms with Crippen LogP contribution < -0.4 is 15.4 Å². The molecule has 1 saturated carbocycles. The van der Waals surface area contributed by atoms with Gasteiger partial charge in [-0.25, -0.2) is 4.79 Å². The molecule has 2 rings (SSSR count). The molecular formula is C13H15F3N2O2. The van der Waals surface area contributed by atoms with E-state index in [-0.39, 0.29) is 11.8 Å². The molecule has 110 valence electrons. The van der Waals surface area contributed by atoms with Crippen molar-refractivity contribution in [3.8, 4) is 5.75 Å². The molecule has 0 heterocycles. The molecule has 1 aliphatic rings. The molecule has 0 aromatic heterocycles. The Kier molecular flexibility index (Phi) is 4.36. The third-order valence-electron chi connectivity index (χ3n) is 3.12. The van der Waals surface area contributed by atoms with Gasteiger partial charge >= 0.3 is 12.4 Å². The molecule has 1 fully saturated rings. The molecule has 7 heteroatoms. The van der Waals surface area contributed by atoms with Gasteiger partial charge in [0.05, 0.1) is 0 Å². The predicted octanol–water partition coefficient (Wildman–Crippen LogP) is 3.51. The number of hydrogen-bond acceptors (Lipinski definition) is 2. The summed E-state index contributed by atoms with van der Waals surface area (Å²) in [6, 6.07) is 4.64. The van der Waals surface area contributed by atoms with E-state index in [4.69, 9.17) is 0 Å². The van der Waals surface area contributed by atoms with Crippen LogP contribution in [0.4, 0.5) is 23.7 Å². The number of ether oxygens (including phenoxy) is 1. The first-order chi connectivity index (χ1) is 9.42. The fourth-order valence-corrected chi connectivity index (χ4v) is 1.85. The lowest BCUT2D eigenvalue weighted by molar-refractivity contribution is -0.274. The molecule has 2 N–H and O–H groups in total. The van der Waals surface area contributed by atoms with Crippen LogP contribution in [-0.4, -0.2) is 18.9 Å². The minimum absolute atomic E-state index is 0.321. The van der Waals surface area contributed by atoms with Crippen LogP contribution in [0.2, 0.25) is 0 Å². The number of carbonyl (C=O) groups is 1. The first kappa shape index (κ1) is 14.5. The van der Waals surface area contributed by atoms with Gasteiger partial charge < -0.3 is 15.4 Å². The number of rotatable bonds is 4. The number of alkyl halides is 3. The SMILES string of the molecule is O=C(NCC1CCC1)Nc1ccc(OC(F)(F)F)cc1. The number of urea groups is 1. The Balaban J connectivity index is 1.78. The zero-order chi connectivity index (χ0) is 14.6. The Morgan fingerprint density at radius 2 is 1.90 bits per heavy atom. The average Bonchev–Trinajstić information content (AvgIpc) is 2.28. The molecule has 0 unspecified atom stereocenters. The van der Waals surface area contributed by atoms with Gasteiger partial charge in [-0.3, -0.25) is 0 Å². The van der Waals surface area contributed by atoms with Gasteiger partial charge in [0.15, 0.2) is 0 Å². The van der Waals surface area contributed by atoms with Gasteiger partial charge in [0.1, 0.15) is 5.75 Å². The van der Waals surface area contributed by atoms with Gasteiger partial charge in [-0.2, -0.15) is 0 Å². The fourth-order valence-electron chi connectivity index (χ4n) is 1.85. The highest BCUT2D eigenvalue weighted by molar-refractivity contribution is 5.89.